The zero-order valence-corrected chi connectivity index (χ0v) is 15.9. The van der Waals surface area contributed by atoms with Crippen molar-refractivity contribution in [3.8, 4) is 0 Å². The lowest BCUT2D eigenvalue weighted by molar-refractivity contribution is -0.132. The minimum absolute atomic E-state index is 0.0189. The number of likely N-dealkylation sites (tertiary alicyclic amines) is 1. The number of benzene rings is 1. The van der Waals surface area contributed by atoms with Crippen LogP contribution in [-0.2, 0) is 4.79 Å². The fraction of sp³-hybridized carbons (Fsp3) is 0.450. The molecule has 138 valence electrons. The van der Waals surface area contributed by atoms with Crippen LogP contribution in [0, 0.1) is 19.7 Å². The van der Waals surface area contributed by atoms with Gasteiger partial charge in [0.2, 0.25) is 5.91 Å². The second-order valence-electron chi connectivity index (χ2n) is 6.78. The third-order valence-corrected chi connectivity index (χ3v) is 6.21. The Labute approximate surface area is 157 Å². The maximum Gasteiger partial charge on any atom is 0.223 e. The van der Waals surface area contributed by atoms with Crippen LogP contribution >= 0.6 is 11.3 Å². The second-order valence-corrected chi connectivity index (χ2v) is 8.01. The number of amides is 1. The first-order valence-electron chi connectivity index (χ1n) is 8.94. The zero-order valence-electron chi connectivity index (χ0n) is 15.1. The van der Waals surface area contributed by atoms with Crippen molar-refractivity contribution in [1.82, 2.24) is 9.88 Å². The summed E-state index contributed by atoms with van der Waals surface area (Å²) in [6.07, 6.45) is 2.21. The standard InChI is InChI=1S/C20H23FN2O2S/c1-13-14(2)26-20(22-13)16-9-11-23(12-10-16)19(25)8-7-18(24)15-3-5-17(21)6-4-15/h3-6,16H,7-12H2,1-2H3. The number of thiazole rings is 1. The van der Waals surface area contributed by atoms with Crippen LogP contribution in [0.4, 0.5) is 4.39 Å². The number of carbonyl (C=O) groups is 2. The van der Waals surface area contributed by atoms with E-state index >= 15 is 0 Å². The monoisotopic (exact) mass is 374 g/mol. The van der Waals surface area contributed by atoms with Gasteiger partial charge in [0, 0.05) is 42.3 Å². The lowest BCUT2D eigenvalue weighted by Crippen LogP contribution is -2.38. The summed E-state index contributed by atoms with van der Waals surface area (Å²) in [6.45, 7) is 5.55. The lowest BCUT2D eigenvalue weighted by Gasteiger charge is -2.31. The van der Waals surface area contributed by atoms with Gasteiger partial charge in [-0.2, -0.15) is 0 Å². The molecule has 1 amide bonds. The van der Waals surface area contributed by atoms with E-state index in [-0.39, 0.29) is 30.3 Å². The molecular weight excluding hydrogens is 351 g/mol. The van der Waals surface area contributed by atoms with Crippen LogP contribution in [0.2, 0.25) is 0 Å². The van der Waals surface area contributed by atoms with Crippen LogP contribution < -0.4 is 0 Å². The Morgan fingerprint density at radius 3 is 2.38 bits per heavy atom. The highest BCUT2D eigenvalue weighted by molar-refractivity contribution is 7.11. The number of halogens is 1. The number of ketones is 1. The maximum atomic E-state index is 12.9. The highest BCUT2D eigenvalue weighted by Gasteiger charge is 2.26. The topological polar surface area (TPSA) is 50.3 Å². The Bertz CT molecular complexity index is 773. The predicted octanol–water partition coefficient (Wildman–Crippen LogP) is 4.27. The van der Waals surface area contributed by atoms with Crippen molar-refractivity contribution >= 4 is 23.0 Å². The molecule has 26 heavy (non-hydrogen) atoms. The summed E-state index contributed by atoms with van der Waals surface area (Å²) in [5, 5.41) is 1.18. The van der Waals surface area contributed by atoms with Crippen molar-refractivity contribution in [3.63, 3.8) is 0 Å². The highest BCUT2D eigenvalue weighted by atomic mass is 32.1. The molecule has 0 atom stereocenters. The molecule has 6 heteroatoms. The maximum absolute atomic E-state index is 12.9. The van der Waals surface area contributed by atoms with Crippen molar-refractivity contribution in [2.45, 2.75) is 45.4 Å². The van der Waals surface area contributed by atoms with Crippen molar-refractivity contribution in [3.05, 3.63) is 51.2 Å². The molecule has 2 heterocycles. The molecule has 2 aromatic rings. The SMILES string of the molecule is Cc1nc(C2CCN(C(=O)CCC(=O)c3ccc(F)cc3)CC2)sc1C. The molecule has 0 radical (unpaired) electrons. The fourth-order valence-electron chi connectivity index (χ4n) is 3.21. The molecule has 1 aromatic heterocycles. The van der Waals surface area contributed by atoms with Gasteiger partial charge in [-0.05, 0) is 51.0 Å². The van der Waals surface area contributed by atoms with E-state index in [1.807, 2.05) is 11.8 Å². The number of aromatic nitrogens is 1. The van der Waals surface area contributed by atoms with E-state index in [0.717, 1.165) is 18.5 Å². The van der Waals surface area contributed by atoms with Gasteiger partial charge >= 0.3 is 0 Å². The summed E-state index contributed by atoms with van der Waals surface area (Å²) < 4.78 is 12.9. The van der Waals surface area contributed by atoms with Gasteiger partial charge in [0.1, 0.15) is 5.82 Å². The highest BCUT2D eigenvalue weighted by Crippen LogP contribution is 2.32. The third-order valence-electron chi connectivity index (χ3n) is 4.97. The molecule has 1 aliphatic heterocycles. The van der Waals surface area contributed by atoms with Crippen LogP contribution in [-0.4, -0.2) is 34.7 Å². The zero-order chi connectivity index (χ0) is 18.7. The number of nitrogens with zero attached hydrogens (tertiary/aromatic N) is 2. The Balaban J connectivity index is 1.47. The van der Waals surface area contributed by atoms with E-state index in [2.05, 4.69) is 11.9 Å². The molecule has 4 nitrogen and oxygen atoms in total. The summed E-state index contributed by atoms with van der Waals surface area (Å²) in [7, 11) is 0. The summed E-state index contributed by atoms with van der Waals surface area (Å²) in [4.78, 5) is 32.3. The third kappa shape index (κ3) is 4.36. The van der Waals surface area contributed by atoms with Crippen LogP contribution in [0.15, 0.2) is 24.3 Å². The molecule has 0 spiro atoms. The number of piperidine rings is 1. The molecule has 0 aliphatic carbocycles. The van der Waals surface area contributed by atoms with Crippen molar-refractivity contribution in [2.24, 2.45) is 0 Å². The largest absolute Gasteiger partial charge is 0.343 e. The Kier molecular flexibility index (Phi) is 5.81. The van der Waals surface area contributed by atoms with Gasteiger partial charge in [-0.25, -0.2) is 9.37 Å². The summed E-state index contributed by atoms with van der Waals surface area (Å²) in [5.41, 5.74) is 1.55. The molecule has 1 aliphatic rings. The summed E-state index contributed by atoms with van der Waals surface area (Å²) >= 11 is 1.76. The number of hydrogen-bond acceptors (Lipinski definition) is 4. The Morgan fingerprint density at radius 2 is 1.81 bits per heavy atom. The minimum Gasteiger partial charge on any atom is -0.343 e. The van der Waals surface area contributed by atoms with E-state index in [1.165, 1.54) is 34.2 Å². The van der Waals surface area contributed by atoms with Crippen LogP contribution in [0.3, 0.4) is 0 Å². The molecular formula is C20H23FN2O2S. The van der Waals surface area contributed by atoms with Crippen molar-refractivity contribution in [2.75, 3.05) is 13.1 Å². The number of aryl methyl sites for hydroxylation is 2. The van der Waals surface area contributed by atoms with E-state index in [9.17, 15) is 14.0 Å². The van der Waals surface area contributed by atoms with E-state index in [4.69, 9.17) is 0 Å². The molecule has 3 rings (SSSR count). The van der Waals surface area contributed by atoms with Crippen LogP contribution in [0.5, 0.6) is 0 Å². The first-order chi connectivity index (χ1) is 12.4. The smallest absolute Gasteiger partial charge is 0.223 e. The van der Waals surface area contributed by atoms with Gasteiger partial charge < -0.3 is 4.90 Å². The van der Waals surface area contributed by atoms with Crippen molar-refractivity contribution in [1.29, 1.82) is 0 Å². The molecule has 0 unspecified atom stereocenters. The second kappa shape index (κ2) is 8.08. The molecule has 1 fully saturated rings. The Morgan fingerprint density at radius 1 is 1.15 bits per heavy atom. The normalized spacial score (nSPS) is 15.3. The molecule has 1 saturated heterocycles. The van der Waals surface area contributed by atoms with Gasteiger partial charge in [0.25, 0.3) is 0 Å². The molecule has 0 saturated carbocycles. The number of Topliss-reactive ketones (excluding diaryl/α,β-unsaturated/α-hetero) is 1. The van der Waals surface area contributed by atoms with E-state index in [1.54, 1.807) is 11.3 Å². The number of hydrogen-bond donors (Lipinski definition) is 0. The molecule has 0 N–H and O–H groups in total. The molecule has 0 bridgehead atoms. The average molecular weight is 374 g/mol. The number of rotatable bonds is 5. The first-order valence-corrected chi connectivity index (χ1v) is 9.76. The van der Waals surface area contributed by atoms with Gasteiger partial charge in [-0.3, -0.25) is 9.59 Å². The van der Waals surface area contributed by atoms with Gasteiger partial charge in [-0.1, -0.05) is 0 Å². The van der Waals surface area contributed by atoms with E-state index < -0.39 is 0 Å². The van der Waals surface area contributed by atoms with Gasteiger partial charge in [-0.15, -0.1) is 11.3 Å². The minimum atomic E-state index is -0.369. The van der Waals surface area contributed by atoms with Gasteiger partial charge in [0.05, 0.1) is 10.7 Å². The van der Waals surface area contributed by atoms with Crippen molar-refractivity contribution < 1.29 is 14.0 Å². The first kappa shape index (κ1) is 18.7. The predicted molar refractivity (Wildman–Crippen MR) is 100 cm³/mol. The quantitative estimate of drug-likeness (QED) is 0.735. The van der Waals surface area contributed by atoms with Crippen LogP contribution in [0.25, 0.3) is 0 Å². The van der Waals surface area contributed by atoms with E-state index in [0.29, 0.717) is 24.6 Å². The summed E-state index contributed by atoms with van der Waals surface area (Å²) in [5.74, 6) is -0.0456. The Hall–Kier alpha value is -2.08. The van der Waals surface area contributed by atoms with Gasteiger partial charge in [0.15, 0.2) is 5.78 Å². The summed E-state index contributed by atoms with van der Waals surface area (Å²) in [6, 6.07) is 5.46. The lowest BCUT2D eigenvalue weighted by atomic mass is 9.97. The average Bonchev–Trinajstić information content (AvgIpc) is 2.99. The fourth-order valence-corrected chi connectivity index (χ4v) is 4.30. The van der Waals surface area contributed by atoms with Crippen LogP contribution in [0.1, 0.15) is 57.5 Å². The number of carbonyl (C=O) groups excluding carboxylic acids is 2. The molecule has 1 aromatic carbocycles.